The molecular weight excluding hydrogens is 216 g/mol. The van der Waals surface area contributed by atoms with Crippen molar-refractivity contribution in [3.63, 3.8) is 0 Å². The number of isocyanates is 2. The summed E-state index contributed by atoms with van der Waals surface area (Å²) in [6.07, 6.45) is 9.15. The quantitative estimate of drug-likeness (QED) is 0.522. The van der Waals surface area contributed by atoms with E-state index in [0.717, 1.165) is 36.5 Å². The second kappa shape index (κ2) is 5.90. The monoisotopic (exact) mass is 234 g/mol. The van der Waals surface area contributed by atoms with Crippen LogP contribution in [0.15, 0.2) is 9.98 Å². The highest BCUT2D eigenvalue weighted by Gasteiger charge is 2.44. The molecule has 4 nitrogen and oxygen atoms in total. The fourth-order valence-electron chi connectivity index (χ4n) is 3.77. The van der Waals surface area contributed by atoms with Crippen LogP contribution < -0.4 is 0 Å². The maximum absolute atomic E-state index is 10.0. The van der Waals surface area contributed by atoms with E-state index in [9.17, 15) is 9.59 Å². The molecule has 2 saturated carbocycles. The molecule has 0 aromatic carbocycles. The average Bonchev–Trinajstić information content (AvgIpc) is 2.89. The van der Waals surface area contributed by atoms with Gasteiger partial charge < -0.3 is 0 Å². The third-order valence-electron chi connectivity index (χ3n) is 4.50. The van der Waals surface area contributed by atoms with Gasteiger partial charge in [0.05, 0.1) is 13.1 Å². The number of fused-ring (bicyclic) bond motifs is 2. The van der Waals surface area contributed by atoms with Crippen LogP contribution in [0, 0.1) is 23.7 Å². The Bertz CT molecular complexity index is 322. The zero-order valence-electron chi connectivity index (χ0n) is 9.97. The van der Waals surface area contributed by atoms with E-state index in [2.05, 4.69) is 9.98 Å². The van der Waals surface area contributed by atoms with E-state index in [1.54, 1.807) is 12.2 Å². The number of nitrogens with zero attached hydrogens (tertiary/aromatic N) is 2. The summed E-state index contributed by atoms with van der Waals surface area (Å²) in [7, 11) is 0. The first-order chi connectivity index (χ1) is 8.35. The second-order valence-electron chi connectivity index (χ2n) is 5.27. The van der Waals surface area contributed by atoms with Gasteiger partial charge >= 0.3 is 0 Å². The van der Waals surface area contributed by atoms with E-state index in [0.29, 0.717) is 13.1 Å². The van der Waals surface area contributed by atoms with Crippen LogP contribution in [0.4, 0.5) is 0 Å². The first-order valence-corrected chi connectivity index (χ1v) is 6.42. The molecule has 0 N–H and O–H groups in total. The van der Waals surface area contributed by atoms with Gasteiger partial charge in [-0.05, 0) is 55.8 Å². The van der Waals surface area contributed by atoms with E-state index >= 15 is 0 Å². The minimum Gasteiger partial charge on any atom is -0.211 e. The number of rotatable bonds is 6. The van der Waals surface area contributed by atoms with E-state index in [1.165, 1.54) is 19.3 Å². The van der Waals surface area contributed by atoms with Crippen LogP contribution in [-0.4, -0.2) is 25.2 Å². The van der Waals surface area contributed by atoms with E-state index in [1.807, 2.05) is 0 Å². The van der Waals surface area contributed by atoms with Gasteiger partial charge in [-0.1, -0.05) is 0 Å². The third kappa shape index (κ3) is 2.91. The lowest BCUT2D eigenvalue weighted by molar-refractivity contribution is 0.241. The van der Waals surface area contributed by atoms with Crippen LogP contribution >= 0.6 is 0 Å². The Morgan fingerprint density at radius 2 is 1.29 bits per heavy atom. The SMILES string of the molecule is O=C=NCCC1CC2CC1CC2CCN=C=O. The summed E-state index contributed by atoms with van der Waals surface area (Å²) in [6.45, 7) is 1.27. The lowest BCUT2D eigenvalue weighted by Gasteiger charge is -2.27. The van der Waals surface area contributed by atoms with Crippen LogP contribution in [0.2, 0.25) is 0 Å². The molecule has 0 radical (unpaired) electrons. The standard InChI is InChI=1S/C13H18N2O2/c16-8-14-3-1-10-5-13-7-12(10)6-11(13)2-4-15-9-17/h10-13H,1-7H2. The van der Waals surface area contributed by atoms with Crippen LogP contribution in [0.3, 0.4) is 0 Å². The van der Waals surface area contributed by atoms with Gasteiger partial charge in [-0.15, -0.1) is 0 Å². The molecule has 0 heterocycles. The van der Waals surface area contributed by atoms with Crippen LogP contribution in [0.5, 0.6) is 0 Å². The van der Waals surface area contributed by atoms with Crippen molar-refractivity contribution < 1.29 is 9.59 Å². The van der Waals surface area contributed by atoms with E-state index in [4.69, 9.17) is 0 Å². The number of carbonyl (C=O) groups excluding carboxylic acids is 2. The highest BCUT2D eigenvalue weighted by atomic mass is 16.1. The van der Waals surface area contributed by atoms with Crippen molar-refractivity contribution in [3.8, 4) is 0 Å². The summed E-state index contributed by atoms with van der Waals surface area (Å²) < 4.78 is 0. The Hall–Kier alpha value is -1.24. The Morgan fingerprint density at radius 1 is 0.824 bits per heavy atom. The molecule has 0 amide bonds. The molecule has 0 aromatic heterocycles. The van der Waals surface area contributed by atoms with E-state index < -0.39 is 0 Å². The highest BCUT2D eigenvalue weighted by molar-refractivity contribution is 5.33. The first-order valence-electron chi connectivity index (χ1n) is 6.42. The Labute approximate surface area is 101 Å². The summed E-state index contributed by atoms with van der Waals surface area (Å²) in [5.41, 5.74) is 0. The molecule has 0 spiro atoms. The van der Waals surface area contributed by atoms with Gasteiger partial charge in [0.2, 0.25) is 12.2 Å². The normalized spacial score (nSPS) is 34.1. The minimum atomic E-state index is 0.636. The predicted molar refractivity (Wildman–Crippen MR) is 63.0 cm³/mol. The lowest BCUT2D eigenvalue weighted by atomic mass is 9.79. The predicted octanol–water partition coefficient (Wildman–Crippen LogP) is 2.10. The Balaban J connectivity index is 1.75. The fraction of sp³-hybridized carbons (Fsp3) is 0.846. The van der Waals surface area contributed by atoms with Crippen LogP contribution in [0.25, 0.3) is 0 Å². The molecule has 17 heavy (non-hydrogen) atoms. The molecule has 4 atom stereocenters. The number of hydrogen-bond acceptors (Lipinski definition) is 4. The van der Waals surface area contributed by atoms with Crippen molar-refractivity contribution >= 4 is 12.2 Å². The summed E-state index contributed by atoms with van der Waals surface area (Å²) in [4.78, 5) is 27.3. The molecule has 0 saturated heterocycles. The molecule has 4 unspecified atom stereocenters. The topological polar surface area (TPSA) is 58.9 Å². The van der Waals surface area contributed by atoms with Crippen molar-refractivity contribution in [2.45, 2.75) is 32.1 Å². The van der Waals surface area contributed by atoms with Crippen molar-refractivity contribution in [2.75, 3.05) is 13.1 Å². The smallest absolute Gasteiger partial charge is 0.211 e. The average molecular weight is 234 g/mol. The second-order valence-corrected chi connectivity index (χ2v) is 5.27. The largest absolute Gasteiger partial charge is 0.234 e. The summed E-state index contributed by atoms with van der Waals surface area (Å²) >= 11 is 0. The van der Waals surface area contributed by atoms with Crippen molar-refractivity contribution in [1.29, 1.82) is 0 Å². The van der Waals surface area contributed by atoms with Gasteiger partial charge in [0.15, 0.2) is 0 Å². The van der Waals surface area contributed by atoms with Gasteiger partial charge in [-0.2, -0.15) is 0 Å². The van der Waals surface area contributed by atoms with Crippen molar-refractivity contribution in [1.82, 2.24) is 0 Å². The van der Waals surface area contributed by atoms with E-state index in [-0.39, 0.29) is 0 Å². The Kier molecular flexibility index (Phi) is 4.24. The molecule has 0 aromatic rings. The molecule has 2 fully saturated rings. The van der Waals surface area contributed by atoms with Gasteiger partial charge in [-0.25, -0.2) is 19.6 Å². The van der Waals surface area contributed by atoms with Crippen LogP contribution in [0.1, 0.15) is 32.1 Å². The first kappa shape index (κ1) is 12.2. The maximum atomic E-state index is 10.0. The Morgan fingerprint density at radius 3 is 1.65 bits per heavy atom. The molecule has 2 rings (SSSR count). The maximum Gasteiger partial charge on any atom is 0.234 e. The molecule has 92 valence electrons. The molecule has 2 aliphatic carbocycles. The van der Waals surface area contributed by atoms with Gasteiger partial charge in [0.25, 0.3) is 0 Å². The lowest BCUT2D eigenvalue weighted by Crippen LogP contribution is -2.19. The molecule has 2 aliphatic rings. The van der Waals surface area contributed by atoms with Gasteiger partial charge in [0.1, 0.15) is 0 Å². The summed E-state index contributed by atoms with van der Waals surface area (Å²) in [6, 6.07) is 0. The number of hydrogen-bond donors (Lipinski definition) is 0. The van der Waals surface area contributed by atoms with Gasteiger partial charge in [-0.3, -0.25) is 0 Å². The molecule has 2 bridgehead atoms. The van der Waals surface area contributed by atoms with Crippen molar-refractivity contribution in [2.24, 2.45) is 33.7 Å². The van der Waals surface area contributed by atoms with Crippen molar-refractivity contribution in [3.05, 3.63) is 0 Å². The fourth-order valence-corrected chi connectivity index (χ4v) is 3.77. The zero-order chi connectivity index (χ0) is 12.1. The molecule has 4 heteroatoms. The highest BCUT2D eigenvalue weighted by Crippen LogP contribution is 2.53. The number of aliphatic imine (C=N–C) groups is 2. The van der Waals surface area contributed by atoms with Gasteiger partial charge in [0, 0.05) is 0 Å². The summed E-state index contributed by atoms with van der Waals surface area (Å²) in [5.74, 6) is 3.13. The molecular formula is C13H18N2O2. The summed E-state index contributed by atoms with van der Waals surface area (Å²) in [5, 5.41) is 0. The zero-order valence-corrected chi connectivity index (χ0v) is 9.97. The third-order valence-corrected chi connectivity index (χ3v) is 4.50. The van der Waals surface area contributed by atoms with Crippen LogP contribution in [-0.2, 0) is 9.59 Å². The minimum absolute atomic E-state index is 0.636. The molecule has 0 aliphatic heterocycles.